The number of hydrogen-bond donors (Lipinski definition) is 3. The normalized spacial score (nSPS) is 17.3. The Kier molecular flexibility index (Phi) is 9.14. The van der Waals surface area contributed by atoms with Gasteiger partial charge < -0.3 is 30.6 Å². The summed E-state index contributed by atoms with van der Waals surface area (Å²) in [4.78, 5) is 49.5. The molecule has 2 aromatic heterocycles. The number of rotatable bonds is 3. The molecule has 0 spiro atoms. The summed E-state index contributed by atoms with van der Waals surface area (Å²) in [6.07, 6.45) is 4.51. The molecule has 1 aliphatic rings. The first-order valence-corrected chi connectivity index (χ1v) is 13.1. The Balaban J connectivity index is 1.59. The molecule has 3 heterocycles. The Bertz CT molecular complexity index is 1310. The number of anilines is 1. The molecule has 2 bridgehead atoms. The molecule has 11 heteroatoms. The fourth-order valence-corrected chi connectivity index (χ4v) is 4.44. The third-order valence-corrected chi connectivity index (χ3v) is 6.27. The Morgan fingerprint density at radius 1 is 1.18 bits per heavy atom. The van der Waals surface area contributed by atoms with Crippen LogP contribution in [0.25, 0.3) is 11.4 Å². The summed E-state index contributed by atoms with van der Waals surface area (Å²) in [7, 11) is 0. The summed E-state index contributed by atoms with van der Waals surface area (Å²) in [5.74, 6) is 0.674. The molecule has 0 fully saturated rings. The van der Waals surface area contributed by atoms with Gasteiger partial charge in [0, 0.05) is 37.6 Å². The number of carbonyl (C=O) groups excluding carboxylic acids is 3. The Labute approximate surface area is 227 Å². The lowest BCUT2D eigenvalue weighted by atomic mass is 10.0. The van der Waals surface area contributed by atoms with Crippen molar-refractivity contribution in [3.05, 3.63) is 60.6 Å². The van der Waals surface area contributed by atoms with Gasteiger partial charge in [0.05, 0.1) is 13.2 Å². The quantitative estimate of drug-likeness (QED) is 0.468. The van der Waals surface area contributed by atoms with Crippen molar-refractivity contribution >= 4 is 23.5 Å². The zero-order valence-corrected chi connectivity index (χ0v) is 22.3. The fraction of sp³-hybridized carbons (Fsp3) is 0.393. The van der Waals surface area contributed by atoms with Crippen LogP contribution in [0.15, 0.2) is 54.9 Å². The third-order valence-electron chi connectivity index (χ3n) is 6.27. The Morgan fingerprint density at radius 2 is 2.00 bits per heavy atom. The maximum Gasteiger partial charge on any atom is 0.273 e. The molecule has 206 valence electrons. The maximum atomic E-state index is 13.3. The average molecular weight is 534 g/mol. The van der Waals surface area contributed by atoms with Crippen LogP contribution in [-0.2, 0) is 16.1 Å². The van der Waals surface area contributed by atoms with Crippen molar-refractivity contribution in [2.75, 3.05) is 32.0 Å². The van der Waals surface area contributed by atoms with Gasteiger partial charge in [-0.2, -0.15) is 0 Å². The zero-order chi connectivity index (χ0) is 27.8. The monoisotopic (exact) mass is 533 g/mol. The van der Waals surface area contributed by atoms with E-state index in [1.165, 1.54) is 4.90 Å². The van der Waals surface area contributed by atoms with E-state index < -0.39 is 17.9 Å². The van der Waals surface area contributed by atoms with E-state index in [0.717, 1.165) is 11.4 Å². The number of amides is 3. The highest BCUT2D eigenvalue weighted by atomic mass is 16.5. The third kappa shape index (κ3) is 7.56. The van der Waals surface area contributed by atoms with E-state index in [0.29, 0.717) is 38.3 Å². The Morgan fingerprint density at radius 3 is 2.79 bits per heavy atom. The van der Waals surface area contributed by atoms with Crippen molar-refractivity contribution < 1.29 is 19.1 Å². The zero-order valence-electron chi connectivity index (χ0n) is 22.3. The van der Waals surface area contributed by atoms with Crippen LogP contribution in [0.5, 0.6) is 5.75 Å². The summed E-state index contributed by atoms with van der Waals surface area (Å²) >= 11 is 0. The van der Waals surface area contributed by atoms with Gasteiger partial charge >= 0.3 is 0 Å². The van der Waals surface area contributed by atoms with Gasteiger partial charge in [0.1, 0.15) is 29.1 Å². The van der Waals surface area contributed by atoms with E-state index in [9.17, 15) is 14.4 Å². The highest BCUT2D eigenvalue weighted by molar-refractivity contribution is 5.96. The van der Waals surface area contributed by atoms with Gasteiger partial charge in [-0.25, -0.2) is 9.97 Å². The number of pyridine rings is 1. The van der Waals surface area contributed by atoms with Crippen LogP contribution < -0.4 is 21.1 Å². The lowest BCUT2D eigenvalue weighted by Gasteiger charge is -2.25. The van der Waals surface area contributed by atoms with Crippen molar-refractivity contribution in [2.24, 2.45) is 5.92 Å². The molecule has 11 nitrogen and oxygen atoms in total. The Hall–Kier alpha value is -4.41. The van der Waals surface area contributed by atoms with Crippen LogP contribution in [0, 0.1) is 5.92 Å². The lowest BCUT2D eigenvalue weighted by Crippen LogP contribution is -2.51. The van der Waals surface area contributed by atoms with Gasteiger partial charge in [-0.15, -0.1) is 0 Å². The molecular weight excluding hydrogens is 498 g/mol. The first-order valence-electron chi connectivity index (χ1n) is 13.1. The van der Waals surface area contributed by atoms with Crippen LogP contribution >= 0.6 is 0 Å². The van der Waals surface area contributed by atoms with Crippen LogP contribution in [0.2, 0.25) is 0 Å². The molecule has 1 atom stereocenters. The number of hydrogen-bond acceptors (Lipinski definition) is 7. The molecule has 3 aromatic rings. The summed E-state index contributed by atoms with van der Waals surface area (Å²) < 4.78 is 7.93. The molecule has 0 saturated heterocycles. The van der Waals surface area contributed by atoms with E-state index in [1.54, 1.807) is 24.4 Å². The number of nitrogens with two attached hydrogens (primary N) is 1. The summed E-state index contributed by atoms with van der Waals surface area (Å²) in [5, 5.41) is 5.76. The lowest BCUT2D eigenvalue weighted by molar-refractivity contribution is -0.129. The highest BCUT2D eigenvalue weighted by Gasteiger charge is 2.25. The number of nitrogens with zero attached hydrogens (tertiary/aromatic N) is 4. The number of carbonyl (C=O) groups is 3. The van der Waals surface area contributed by atoms with Gasteiger partial charge in [0.15, 0.2) is 0 Å². The molecule has 1 aromatic carbocycles. The smallest absolute Gasteiger partial charge is 0.273 e. The van der Waals surface area contributed by atoms with E-state index in [-0.39, 0.29) is 36.4 Å². The predicted molar refractivity (Wildman–Crippen MR) is 147 cm³/mol. The second-order valence-electron chi connectivity index (χ2n) is 9.89. The molecule has 4 rings (SSSR count). The standard InChI is InChI=1S/C28H35N7O4/c1-19(2)16-23-27(37)31-11-14-34-13-10-30-26(34)20-6-3-7-21(17-20)39-15-5-12-35(18-25(36)33-23)28(38)22-8-4-9-24(29)32-22/h3-4,6-10,13,17,19,23H,5,11-12,14-16,18H2,1-2H3,(H2,29,32)(H,31,37)(H,33,36)/t23-/m1/s1. The molecule has 0 saturated carbocycles. The number of nitrogen functional groups attached to an aromatic ring is 1. The minimum Gasteiger partial charge on any atom is -0.494 e. The van der Waals surface area contributed by atoms with Crippen LogP contribution in [-0.4, -0.2) is 69.4 Å². The fourth-order valence-electron chi connectivity index (χ4n) is 4.44. The SMILES string of the molecule is CC(C)C[C@H]1NC(=O)CN(C(=O)c2cccc(N)n2)CCCOc2cccc(c2)-c2nccn2CCNC1=O. The van der Waals surface area contributed by atoms with Crippen LogP contribution in [0.4, 0.5) is 5.82 Å². The topological polar surface area (TPSA) is 144 Å². The predicted octanol–water partition coefficient (Wildman–Crippen LogP) is 2.10. The van der Waals surface area contributed by atoms with E-state index in [2.05, 4.69) is 20.6 Å². The summed E-state index contributed by atoms with van der Waals surface area (Å²) in [6.45, 7) is 5.17. The second kappa shape index (κ2) is 12.9. The van der Waals surface area contributed by atoms with Crippen LogP contribution in [0.1, 0.15) is 37.2 Å². The van der Waals surface area contributed by atoms with Crippen molar-refractivity contribution in [3.8, 4) is 17.1 Å². The molecule has 3 amide bonds. The number of nitrogens with one attached hydrogen (secondary N) is 2. The van der Waals surface area contributed by atoms with Crippen LogP contribution in [0.3, 0.4) is 0 Å². The van der Waals surface area contributed by atoms with E-state index in [1.807, 2.05) is 48.9 Å². The molecule has 0 radical (unpaired) electrons. The first-order chi connectivity index (χ1) is 18.8. The van der Waals surface area contributed by atoms with Crippen molar-refractivity contribution in [3.63, 3.8) is 0 Å². The summed E-state index contributed by atoms with van der Waals surface area (Å²) in [5.41, 5.74) is 6.81. The highest BCUT2D eigenvalue weighted by Crippen LogP contribution is 2.23. The number of imidazole rings is 1. The first kappa shape index (κ1) is 27.6. The van der Waals surface area contributed by atoms with Gasteiger partial charge in [0.2, 0.25) is 11.8 Å². The largest absolute Gasteiger partial charge is 0.494 e. The number of benzene rings is 1. The summed E-state index contributed by atoms with van der Waals surface area (Å²) in [6, 6.07) is 11.7. The number of ether oxygens (including phenoxy) is 1. The van der Waals surface area contributed by atoms with Gasteiger partial charge in [-0.05, 0) is 43.0 Å². The minimum atomic E-state index is -0.735. The van der Waals surface area contributed by atoms with Gasteiger partial charge in [0.25, 0.3) is 5.91 Å². The molecule has 1 aliphatic heterocycles. The average Bonchev–Trinajstić information content (AvgIpc) is 3.37. The molecule has 0 unspecified atom stereocenters. The molecular formula is C28H35N7O4. The maximum absolute atomic E-state index is 13.3. The van der Waals surface area contributed by atoms with Gasteiger partial charge in [-0.3, -0.25) is 14.4 Å². The molecule has 0 aliphatic carbocycles. The minimum absolute atomic E-state index is 0.144. The van der Waals surface area contributed by atoms with Crippen molar-refractivity contribution in [1.82, 2.24) is 30.1 Å². The van der Waals surface area contributed by atoms with Crippen molar-refractivity contribution in [2.45, 2.75) is 39.3 Å². The second-order valence-corrected chi connectivity index (χ2v) is 9.89. The van der Waals surface area contributed by atoms with E-state index >= 15 is 0 Å². The van der Waals surface area contributed by atoms with E-state index in [4.69, 9.17) is 10.5 Å². The number of aromatic nitrogens is 3. The number of fused-ring (bicyclic) bond motifs is 4. The molecule has 39 heavy (non-hydrogen) atoms. The molecule has 4 N–H and O–H groups in total. The van der Waals surface area contributed by atoms with Gasteiger partial charge in [-0.1, -0.05) is 32.0 Å². The van der Waals surface area contributed by atoms with Crippen molar-refractivity contribution in [1.29, 1.82) is 0 Å².